The second kappa shape index (κ2) is 13.2. The van der Waals surface area contributed by atoms with Gasteiger partial charge in [0.1, 0.15) is 11.9 Å². The number of aryl methyl sites for hydroxylation is 1. The van der Waals surface area contributed by atoms with Crippen molar-refractivity contribution in [2.24, 2.45) is 17.0 Å². The number of ether oxygens (including phenoxy) is 3. The summed E-state index contributed by atoms with van der Waals surface area (Å²) in [5.74, 6) is 1.11. The van der Waals surface area contributed by atoms with Crippen molar-refractivity contribution in [2.45, 2.75) is 48.9 Å². The fourth-order valence-electron chi connectivity index (χ4n) is 3.01. The first-order valence-corrected chi connectivity index (χ1v) is 13.2. The zero-order valence-corrected chi connectivity index (χ0v) is 23.8. The first kappa shape index (κ1) is 28.8. The number of rotatable bonds is 3. The number of allylic oxidation sites excluding steroid dienone is 2. The molecule has 0 bridgehead atoms. The van der Waals surface area contributed by atoms with Crippen LogP contribution in [0.25, 0.3) is 0 Å². The van der Waals surface area contributed by atoms with E-state index in [2.05, 4.69) is 65.4 Å². The van der Waals surface area contributed by atoms with Gasteiger partial charge in [-0.25, -0.2) is 0 Å². The second-order valence-corrected chi connectivity index (χ2v) is 11.4. The van der Waals surface area contributed by atoms with E-state index in [1.807, 2.05) is 18.4 Å². The Hall–Kier alpha value is -1.74. The highest BCUT2D eigenvalue weighted by Gasteiger charge is 2.52. The molecule has 10 nitrogen and oxygen atoms in total. The zero-order chi connectivity index (χ0) is 26.2. The Labute approximate surface area is 227 Å². The minimum Gasteiger partial charge on any atom is -0.505 e. The lowest BCUT2D eigenvalue weighted by molar-refractivity contribution is -0.103. The van der Waals surface area contributed by atoms with Crippen molar-refractivity contribution >= 4 is 42.1 Å². The van der Waals surface area contributed by atoms with Gasteiger partial charge in [-0.1, -0.05) is 28.7 Å². The second-order valence-electron chi connectivity index (χ2n) is 9.67. The topological polar surface area (TPSA) is 109 Å². The Bertz CT molecular complexity index is 937. The van der Waals surface area contributed by atoms with Crippen molar-refractivity contribution in [1.82, 2.24) is 9.78 Å². The quantitative estimate of drug-likeness (QED) is 0.317. The molecule has 5 aliphatic heterocycles. The maximum Gasteiger partial charge on any atom is 0.496 e. The van der Waals surface area contributed by atoms with Crippen molar-refractivity contribution in [3.63, 3.8) is 0 Å². The van der Waals surface area contributed by atoms with E-state index in [0.29, 0.717) is 0 Å². The van der Waals surface area contributed by atoms with Gasteiger partial charge in [-0.05, 0) is 39.2 Å². The van der Waals surface area contributed by atoms with Crippen LogP contribution in [0, 0.1) is 0 Å². The van der Waals surface area contributed by atoms with E-state index < -0.39 is 0 Å². The van der Waals surface area contributed by atoms with Crippen LogP contribution in [0.5, 0.6) is 5.75 Å². The molecule has 0 radical (unpaired) electrons. The number of nitrogens with zero attached hydrogens (tertiary/aromatic N) is 4. The summed E-state index contributed by atoms with van der Waals surface area (Å²) in [5.41, 5.74) is 0.535. The van der Waals surface area contributed by atoms with Crippen molar-refractivity contribution in [3.8, 4) is 5.75 Å². The van der Waals surface area contributed by atoms with Gasteiger partial charge >= 0.3 is 7.12 Å². The largest absolute Gasteiger partial charge is 0.505 e. The first-order valence-electron chi connectivity index (χ1n) is 11.9. The molecule has 36 heavy (non-hydrogen) atoms. The number of alkyl halides is 1. The molecule has 0 spiro atoms. The number of hydrogen-bond donors (Lipinski definition) is 1. The SMILES string of the molecule is C1=NCC=C1OC1COC1.CC1(C)OB(C2=CCN=C2)OC1(C)C.Cn1cc(O)cn1.IC1COC1. The maximum atomic E-state index is 8.57. The lowest BCUT2D eigenvalue weighted by Crippen LogP contribution is -2.41. The predicted molar refractivity (Wildman–Crippen MR) is 148 cm³/mol. The third kappa shape index (κ3) is 8.68. The third-order valence-corrected chi connectivity index (χ3v) is 6.73. The van der Waals surface area contributed by atoms with Crippen LogP contribution in [0.3, 0.4) is 0 Å². The molecule has 0 unspecified atom stereocenters. The van der Waals surface area contributed by atoms with Crippen LogP contribution >= 0.6 is 22.6 Å². The Morgan fingerprint density at radius 3 is 1.92 bits per heavy atom. The molecule has 1 N–H and O–H groups in total. The normalized spacial score (nSPS) is 23.1. The van der Waals surface area contributed by atoms with E-state index in [1.165, 1.54) is 17.1 Å². The molecule has 0 saturated carbocycles. The Morgan fingerprint density at radius 2 is 1.58 bits per heavy atom. The first-order chi connectivity index (χ1) is 17.1. The minimum absolute atomic E-state index is 0.211. The van der Waals surface area contributed by atoms with Crippen LogP contribution in [0.4, 0.5) is 0 Å². The van der Waals surface area contributed by atoms with Gasteiger partial charge < -0.3 is 28.6 Å². The van der Waals surface area contributed by atoms with Gasteiger partial charge in [0.2, 0.25) is 0 Å². The summed E-state index contributed by atoms with van der Waals surface area (Å²) in [5, 5.41) is 12.3. The predicted octanol–water partition coefficient (Wildman–Crippen LogP) is 2.94. The average Bonchev–Trinajstić information content (AvgIpc) is 3.55. The average molecular weight is 614 g/mol. The molecular formula is C24H36BIN4O6. The summed E-state index contributed by atoms with van der Waals surface area (Å²) in [4.78, 5) is 8.12. The lowest BCUT2D eigenvalue weighted by atomic mass is 9.79. The van der Waals surface area contributed by atoms with Crippen LogP contribution in [0.2, 0.25) is 0 Å². The monoisotopic (exact) mass is 614 g/mol. The fraction of sp³-hybridized carbons (Fsp3) is 0.625. The van der Waals surface area contributed by atoms with Gasteiger partial charge in [-0.2, -0.15) is 5.10 Å². The van der Waals surface area contributed by atoms with Gasteiger partial charge in [0.15, 0.2) is 5.75 Å². The summed E-state index contributed by atoms with van der Waals surface area (Å²) < 4.78 is 29.3. The van der Waals surface area contributed by atoms with Crippen LogP contribution < -0.4 is 0 Å². The molecule has 3 fully saturated rings. The molecule has 6 heterocycles. The van der Waals surface area contributed by atoms with Gasteiger partial charge in [0, 0.05) is 13.3 Å². The van der Waals surface area contributed by atoms with Crippen LogP contribution in [0.15, 0.2) is 45.8 Å². The Kier molecular flexibility index (Phi) is 10.6. The summed E-state index contributed by atoms with van der Waals surface area (Å²) in [7, 11) is 1.51. The van der Waals surface area contributed by atoms with Crippen molar-refractivity contribution < 1.29 is 28.6 Å². The summed E-state index contributed by atoms with van der Waals surface area (Å²) in [6.07, 6.45) is 10.8. The van der Waals surface area contributed by atoms with E-state index in [4.69, 9.17) is 28.6 Å². The maximum absolute atomic E-state index is 8.57. The molecule has 1 aromatic heterocycles. The Morgan fingerprint density at radius 1 is 1.00 bits per heavy atom. The van der Waals surface area contributed by atoms with Crippen LogP contribution in [-0.2, 0) is 30.6 Å². The van der Waals surface area contributed by atoms with Gasteiger partial charge in [0.25, 0.3) is 0 Å². The summed E-state index contributed by atoms with van der Waals surface area (Å²) in [6, 6.07) is 0. The minimum atomic E-state index is -0.255. The van der Waals surface area contributed by atoms with Gasteiger partial charge in [-0.3, -0.25) is 14.7 Å². The van der Waals surface area contributed by atoms with E-state index >= 15 is 0 Å². The standard InChI is InChI=1S/C10H16BNO2.C7H9NO2.C4H6N2O.C3H5IO/c1-9(2)10(3,4)14-11(13-9)8-5-6-12-7-8;1-2-8-3-6(1)10-7-4-9-5-7;1-6-3-4(7)2-5-6;4-3-1-5-2-3/h5,7H,6H2,1-4H3;1,3,7H,2,4-5H2;2-3,7H,1H3;3H,1-2H2. The van der Waals surface area contributed by atoms with Gasteiger partial charge in [-0.15, -0.1) is 0 Å². The van der Waals surface area contributed by atoms with Crippen molar-refractivity contribution in [1.29, 1.82) is 0 Å². The highest BCUT2D eigenvalue weighted by atomic mass is 127. The number of aromatic hydroxyl groups is 1. The van der Waals surface area contributed by atoms with Crippen LogP contribution in [-0.4, -0.2) is 95.2 Å². The van der Waals surface area contributed by atoms with Gasteiger partial charge in [0.05, 0.1) is 73.3 Å². The number of aliphatic imine (C=N–C) groups is 2. The molecule has 5 aliphatic rings. The smallest absolute Gasteiger partial charge is 0.496 e. The lowest BCUT2D eigenvalue weighted by Gasteiger charge is -2.32. The molecule has 198 valence electrons. The summed E-state index contributed by atoms with van der Waals surface area (Å²) in [6.45, 7) is 13.1. The molecule has 0 aliphatic carbocycles. The summed E-state index contributed by atoms with van der Waals surface area (Å²) >= 11 is 2.37. The molecule has 1 aromatic rings. The molecule has 6 rings (SSSR count). The molecule has 0 aromatic carbocycles. The number of halogens is 1. The van der Waals surface area contributed by atoms with Crippen molar-refractivity contribution in [3.05, 3.63) is 35.8 Å². The highest BCUT2D eigenvalue weighted by Crippen LogP contribution is 2.38. The third-order valence-electron chi connectivity index (χ3n) is 6.01. The van der Waals surface area contributed by atoms with E-state index in [1.54, 1.807) is 13.3 Å². The number of hydrogen-bond acceptors (Lipinski definition) is 9. The highest BCUT2D eigenvalue weighted by molar-refractivity contribution is 14.1. The van der Waals surface area contributed by atoms with E-state index in [9.17, 15) is 0 Å². The zero-order valence-electron chi connectivity index (χ0n) is 21.6. The molecule has 0 atom stereocenters. The Balaban J connectivity index is 0.000000143. The van der Waals surface area contributed by atoms with Crippen molar-refractivity contribution in [2.75, 3.05) is 39.5 Å². The molecular weight excluding hydrogens is 578 g/mol. The molecule has 3 saturated heterocycles. The fourth-order valence-corrected chi connectivity index (χ4v) is 3.52. The van der Waals surface area contributed by atoms with E-state index in [-0.39, 0.29) is 30.2 Å². The van der Waals surface area contributed by atoms with Crippen LogP contribution in [0.1, 0.15) is 27.7 Å². The van der Waals surface area contributed by atoms with E-state index in [0.717, 1.165) is 54.7 Å². The molecule has 12 heteroatoms. The molecule has 0 amide bonds. The number of aromatic nitrogens is 2.